The molecule has 2 amide bonds. The van der Waals surface area contributed by atoms with Gasteiger partial charge in [-0.25, -0.2) is 8.78 Å². The number of ether oxygens (including phenoxy) is 1. The molecule has 5 rings (SSSR count). The number of hydrogen-bond donors (Lipinski definition) is 0. The molecule has 0 N–H and O–H groups in total. The third-order valence-corrected chi connectivity index (χ3v) is 9.51. The smallest absolute Gasteiger partial charge is 0.227 e. The molecule has 9 heteroatoms. The van der Waals surface area contributed by atoms with Crippen molar-refractivity contribution in [2.24, 2.45) is 11.8 Å². The Kier molecular flexibility index (Phi) is 9.55. The highest BCUT2D eigenvalue weighted by molar-refractivity contribution is 6.30. The van der Waals surface area contributed by atoms with E-state index in [4.69, 9.17) is 16.3 Å². The highest BCUT2D eigenvalue weighted by Crippen LogP contribution is 2.39. The van der Waals surface area contributed by atoms with Gasteiger partial charge in [-0.1, -0.05) is 29.8 Å². The molecule has 3 atom stereocenters. The normalized spacial score (nSPS) is 24.9. The molecule has 6 nitrogen and oxygen atoms in total. The van der Waals surface area contributed by atoms with Gasteiger partial charge in [0, 0.05) is 74.4 Å². The Morgan fingerprint density at radius 3 is 2.29 bits per heavy atom. The van der Waals surface area contributed by atoms with Crippen molar-refractivity contribution in [2.45, 2.75) is 64.0 Å². The number of hydrogen-bond acceptors (Lipinski definition) is 4. The van der Waals surface area contributed by atoms with Crippen LogP contribution in [0.25, 0.3) is 0 Å². The summed E-state index contributed by atoms with van der Waals surface area (Å²) in [5.74, 6) is -2.10. The summed E-state index contributed by atoms with van der Waals surface area (Å²) >= 11 is 6.17. The van der Waals surface area contributed by atoms with Crippen LogP contribution in [0.4, 0.5) is 8.78 Å². The summed E-state index contributed by atoms with van der Waals surface area (Å²) in [6, 6.07) is 11.3. The summed E-state index contributed by atoms with van der Waals surface area (Å²) in [4.78, 5) is 34.2. The van der Waals surface area contributed by atoms with Crippen LogP contribution >= 0.6 is 11.6 Å². The predicted molar refractivity (Wildman–Crippen MR) is 159 cm³/mol. The molecule has 3 saturated heterocycles. The van der Waals surface area contributed by atoms with E-state index in [1.54, 1.807) is 0 Å². The highest BCUT2D eigenvalue weighted by Gasteiger charge is 2.45. The van der Waals surface area contributed by atoms with Crippen molar-refractivity contribution < 1.29 is 23.1 Å². The molecule has 3 aliphatic rings. The quantitative estimate of drug-likeness (QED) is 0.428. The molecule has 2 aromatic carbocycles. The lowest BCUT2D eigenvalue weighted by Gasteiger charge is -2.40. The average molecular weight is 602 g/mol. The van der Waals surface area contributed by atoms with Gasteiger partial charge in [0.15, 0.2) is 0 Å². The fourth-order valence-electron chi connectivity index (χ4n) is 6.78. The zero-order valence-corrected chi connectivity index (χ0v) is 25.6. The maximum absolute atomic E-state index is 15.0. The van der Waals surface area contributed by atoms with Crippen LogP contribution in [0.5, 0.6) is 0 Å². The van der Waals surface area contributed by atoms with Gasteiger partial charge in [0.25, 0.3) is 0 Å². The number of amides is 2. The van der Waals surface area contributed by atoms with Crippen molar-refractivity contribution in [1.82, 2.24) is 14.7 Å². The van der Waals surface area contributed by atoms with Gasteiger partial charge in [-0.15, -0.1) is 0 Å². The number of rotatable bonds is 4. The average Bonchev–Trinajstić information content (AvgIpc) is 3.40. The molecule has 0 spiro atoms. The standard InChI is InChI=1S/C33H42ClF2N3O3/c1-33(2,3)38-20-27(26-11-10-25(35)19-29(26)36)28(21-38)32(41)37-14-4-5-30(22-6-8-24(34)9-7-22)39(16-15-37)31(40)23-12-17-42-18-13-23/h6-11,19,23,27-28,30H,4-5,12-18,20-21H2,1-3H3. The molecule has 0 radical (unpaired) electrons. The summed E-state index contributed by atoms with van der Waals surface area (Å²) in [6.07, 6.45) is 2.83. The van der Waals surface area contributed by atoms with Crippen molar-refractivity contribution in [1.29, 1.82) is 0 Å². The Balaban J connectivity index is 1.39. The van der Waals surface area contributed by atoms with Gasteiger partial charge in [-0.05, 0) is 75.8 Å². The fourth-order valence-corrected chi connectivity index (χ4v) is 6.90. The van der Waals surface area contributed by atoms with Gasteiger partial charge in [0.1, 0.15) is 11.6 Å². The SMILES string of the molecule is CC(C)(C)N1CC(C(=O)N2CCCC(c3ccc(Cl)cc3)N(C(=O)C3CCOCC3)CC2)C(c2ccc(F)cc2F)C1. The van der Waals surface area contributed by atoms with Crippen LogP contribution in [-0.4, -0.2) is 78.0 Å². The molecule has 0 saturated carbocycles. The van der Waals surface area contributed by atoms with E-state index in [9.17, 15) is 14.0 Å². The van der Waals surface area contributed by atoms with Crippen LogP contribution in [0.15, 0.2) is 42.5 Å². The highest BCUT2D eigenvalue weighted by atomic mass is 35.5. The first kappa shape index (κ1) is 30.9. The van der Waals surface area contributed by atoms with Crippen LogP contribution in [0.3, 0.4) is 0 Å². The third kappa shape index (κ3) is 6.81. The van der Waals surface area contributed by atoms with E-state index in [2.05, 4.69) is 25.7 Å². The lowest BCUT2D eigenvalue weighted by Crippen LogP contribution is -2.49. The van der Waals surface area contributed by atoms with E-state index in [0.29, 0.717) is 69.4 Å². The van der Waals surface area contributed by atoms with Gasteiger partial charge in [0.05, 0.1) is 12.0 Å². The minimum absolute atomic E-state index is 0.0288. The number of benzene rings is 2. The van der Waals surface area contributed by atoms with Crippen molar-refractivity contribution in [3.05, 3.63) is 70.2 Å². The van der Waals surface area contributed by atoms with Crippen LogP contribution in [0.2, 0.25) is 5.02 Å². The Hall–Kier alpha value is -2.55. The van der Waals surface area contributed by atoms with Gasteiger partial charge >= 0.3 is 0 Å². The maximum atomic E-state index is 15.0. The zero-order chi connectivity index (χ0) is 30.0. The van der Waals surface area contributed by atoms with Crippen molar-refractivity contribution in [2.75, 3.05) is 45.9 Å². The number of nitrogens with zero attached hydrogens (tertiary/aromatic N) is 3. The first-order valence-electron chi connectivity index (χ1n) is 15.2. The van der Waals surface area contributed by atoms with Crippen LogP contribution in [-0.2, 0) is 14.3 Å². The second-order valence-electron chi connectivity index (χ2n) is 12.9. The molecule has 0 aromatic heterocycles. The molecule has 3 aliphatic heterocycles. The number of halogens is 3. The predicted octanol–water partition coefficient (Wildman–Crippen LogP) is 6.05. The van der Waals surface area contributed by atoms with E-state index in [0.717, 1.165) is 24.5 Å². The van der Waals surface area contributed by atoms with Crippen LogP contribution in [0.1, 0.15) is 69.5 Å². The van der Waals surface area contributed by atoms with Crippen molar-refractivity contribution >= 4 is 23.4 Å². The molecule has 3 unspecified atom stereocenters. The van der Waals surface area contributed by atoms with Gasteiger partial charge in [-0.2, -0.15) is 0 Å². The van der Waals surface area contributed by atoms with E-state index >= 15 is 4.39 Å². The molecule has 228 valence electrons. The zero-order valence-electron chi connectivity index (χ0n) is 24.8. The fraction of sp³-hybridized carbons (Fsp3) is 0.576. The molecule has 0 bridgehead atoms. The topological polar surface area (TPSA) is 53.1 Å². The minimum Gasteiger partial charge on any atom is -0.381 e. The number of carbonyl (C=O) groups excluding carboxylic acids is 2. The second-order valence-corrected chi connectivity index (χ2v) is 13.3. The van der Waals surface area contributed by atoms with Gasteiger partial charge in [-0.3, -0.25) is 14.5 Å². The largest absolute Gasteiger partial charge is 0.381 e. The van der Waals surface area contributed by atoms with Crippen molar-refractivity contribution in [3.63, 3.8) is 0 Å². The third-order valence-electron chi connectivity index (χ3n) is 9.26. The summed E-state index contributed by atoms with van der Waals surface area (Å²) in [5, 5.41) is 0.650. The lowest BCUT2D eigenvalue weighted by molar-refractivity contribution is -0.145. The van der Waals surface area contributed by atoms with E-state index in [1.165, 1.54) is 12.1 Å². The molecule has 3 heterocycles. The van der Waals surface area contributed by atoms with Crippen LogP contribution < -0.4 is 0 Å². The van der Waals surface area contributed by atoms with E-state index in [1.807, 2.05) is 34.1 Å². The monoisotopic (exact) mass is 601 g/mol. The van der Waals surface area contributed by atoms with Crippen LogP contribution in [0, 0.1) is 23.5 Å². The van der Waals surface area contributed by atoms with Gasteiger partial charge < -0.3 is 14.5 Å². The lowest BCUT2D eigenvalue weighted by atomic mass is 9.87. The summed E-state index contributed by atoms with van der Waals surface area (Å²) < 4.78 is 34.3. The summed E-state index contributed by atoms with van der Waals surface area (Å²) in [6.45, 7) is 9.82. The first-order valence-corrected chi connectivity index (χ1v) is 15.5. The molecule has 3 fully saturated rings. The molecular weight excluding hydrogens is 560 g/mol. The number of likely N-dealkylation sites (tertiary alicyclic amines) is 1. The van der Waals surface area contributed by atoms with E-state index < -0.39 is 17.6 Å². The minimum atomic E-state index is -0.627. The van der Waals surface area contributed by atoms with Gasteiger partial charge in [0.2, 0.25) is 11.8 Å². The van der Waals surface area contributed by atoms with E-state index in [-0.39, 0.29) is 35.2 Å². The first-order chi connectivity index (χ1) is 20.0. The second kappa shape index (κ2) is 13.0. The number of carbonyl (C=O) groups is 2. The molecule has 0 aliphatic carbocycles. The van der Waals surface area contributed by atoms with Crippen molar-refractivity contribution in [3.8, 4) is 0 Å². The summed E-state index contributed by atoms with van der Waals surface area (Å²) in [5.41, 5.74) is 1.22. The molecular formula is C33H42ClF2N3O3. The Morgan fingerprint density at radius 2 is 1.62 bits per heavy atom. The molecule has 42 heavy (non-hydrogen) atoms. The molecule has 2 aromatic rings. The Bertz CT molecular complexity index is 1260. The Labute approximate surface area is 252 Å². The Morgan fingerprint density at radius 1 is 0.905 bits per heavy atom. The summed E-state index contributed by atoms with van der Waals surface area (Å²) in [7, 11) is 0. The maximum Gasteiger partial charge on any atom is 0.227 e.